The van der Waals surface area contributed by atoms with Crippen molar-refractivity contribution < 1.29 is 46.4 Å². The van der Waals surface area contributed by atoms with Crippen molar-refractivity contribution in [2.45, 2.75) is 69.3 Å². The van der Waals surface area contributed by atoms with E-state index >= 15 is 0 Å². The van der Waals surface area contributed by atoms with Crippen LogP contribution in [0.3, 0.4) is 0 Å². The molecule has 0 bridgehead atoms. The second-order valence-electron chi connectivity index (χ2n) is 13.2. The van der Waals surface area contributed by atoms with Crippen LogP contribution in [0.1, 0.15) is 56.6 Å². The number of methoxy groups -OCH3 is 1. The molecular formula is C35H48F3N7O7S. The molecule has 2 N–H and O–H groups in total. The Bertz CT molecular complexity index is 1730. The first-order valence-corrected chi connectivity index (χ1v) is 18.1. The Balaban J connectivity index is 1.32. The molecule has 1 fully saturated rings. The van der Waals surface area contributed by atoms with Gasteiger partial charge in [0.25, 0.3) is 0 Å². The van der Waals surface area contributed by atoms with Crippen molar-refractivity contribution in [2.75, 3.05) is 72.1 Å². The second-order valence-corrected chi connectivity index (χ2v) is 14.3. The van der Waals surface area contributed by atoms with Crippen LogP contribution >= 0.6 is 11.8 Å². The summed E-state index contributed by atoms with van der Waals surface area (Å²) in [6.45, 7) is 10.7. The number of amides is 1. The van der Waals surface area contributed by atoms with Gasteiger partial charge in [-0.15, -0.1) is 5.10 Å². The third-order valence-corrected chi connectivity index (χ3v) is 8.72. The predicted octanol–water partition coefficient (Wildman–Crippen LogP) is 5.06. The number of pyridine rings is 1. The molecule has 0 saturated carbocycles. The zero-order valence-electron chi connectivity index (χ0n) is 30.9. The van der Waals surface area contributed by atoms with E-state index in [9.17, 15) is 22.8 Å². The molecule has 292 valence electrons. The molecule has 1 amide bonds. The minimum atomic E-state index is -4.57. The maximum atomic E-state index is 13.7. The highest BCUT2D eigenvalue weighted by Crippen LogP contribution is 2.40. The maximum Gasteiger partial charge on any atom is 0.447 e. The lowest BCUT2D eigenvalue weighted by Gasteiger charge is -2.37. The number of nitrogens with zero attached hydrogens (tertiary/aromatic N) is 5. The van der Waals surface area contributed by atoms with E-state index in [0.717, 1.165) is 25.9 Å². The largest absolute Gasteiger partial charge is 0.479 e. The molecule has 2 atom stereocenters. The van der Waals surface area contributed by atoms with Gasteiger partial charge in [0.15, 0.2) is 5.65 Å². The number of imidazole rings is 1. The average molecular weight is 768 g/mol. The Labute approximate surface area is 311 Å². The maximum absolute atomic E-state index is 13.7. The number of anilines is 1. The van der Waals surface area contributed by atoms with E-state index in [0.29, 0.717) is 44.3 Å². The zero-order valence-corrected chi connectivity index (χ0v) is 31.7. The molecule has 0 aliphatic carbocycles. The number of halogens is 3. The fourth-order valence-corrected chi connectivity index (χ4v) is 6.29. The van der Waals surface area contributed by atoms with E-state index in [2.05, 4.69) is 44.5 Å². The Morgan fingerprint density at radius 3 is 2.58 bits per heavy atom. The standard InChI is InChI=1S/C35H48F3N7O7S/c1-7-51-32(46)25-23-44(42-30(25)48-6)17-19-50-21-20-49-18-13-24-22-43(5)16-12-26(24)40-27-11-9-15-45-29(27)41-28(31(45)53-35(36,37)38)10-8-14-39-33(47)52-34(2,3)4/h9,11,15,23-24,26,40H,7,12-14,16-22H2,1-6H3,(H,39,47)/t24-,26-/m0/s1. The average Bonchev–Trinajstić information content (AvgIpc) is 3.65. The first kappa shape index (κ1) is 41.6. The van der Waals surface area contributed by atoms with E-state index in [1.807, 2.05) is 0 Å². The van der Waals surface area contributed by atoms with E-state index in [1.165, 1.54) is 17.7 Å². The van der Waals surface area contributed by atoms with E-state index < -0.39 is 23.2 Å². The van der Waals surface area contributed by atoms with Crippen LogP contribution < -0.4 is 15.4 Å². The van der Waals surface area contributed by atoms with Crippen LogP contribution in [0.4, 0.5) is 23.7 Å². The van der Waals surface area contributed by atoms with E-state index in [4.69, 9.17) is 23.7 Å². The van der Waals surface area contributed by atoms with Crippen molar-refractivity contribution in [1.82, 2.24) is 29.4 Å². The number of likely N-dealkylation sites (tertiary alicyclic amines) is 1. The SMILES string of the molecule is CCOC(=O)c1cn(CCOCCOCC[C@H]2CN(C)CC[C@@H]2Nc2cccn3c(SC(F)(F)F)c(C#CCNC(=O)OC(C)(C)C)nc23)nc1OC. The number of thioether (sulfide) groups is 1. The molecule has 0 spiro atoms. The van der Waals surface area contributed by atoms with Crippen molar-refractivity contribution in [3.8, 4) is 17.7 Å². The van der Waals surface area contributed by atoms with Gasteiger partial charge in [0.05, 0.1) is 52.3 Å². The van der Waals surface area contributed by atoms with Crippen LogP contribution in [0.5, 0.6) is 5.88 Å². The lowest BCUT2D eigenvalue weighted by Crippen LogP contribution is -2.45. The normalized spacial score (nSPS) is 16.5. The van der Waals surface area contributed by atoms with Crippen molar-refractivity contribution in [3.05, 3.63) is 35.8 Å². The van der Waals surface area contributed by atoms with Gasteiger partial charge in [-0.1, -0.05) is 5.92 Å². The van der Waals surface area contributed by atoms with Gasteiger partial charge in [0, 0.05) is 43.3 Å². The van der Waals surface area contributed by atoms with Crippen LogP contribution in [0, 0.1) is 17.8 Å². The van der Waals surface area contributed by atoms with Gasteiger partial charge in [0.2, 0.25) is 5.88 Å². The molecule has 1 aliphatic rings. The number of hydrogen-bond acceptors (Lipinski definition) is 12. The summed E-state index contributed by atoms with van der Waals surface area (Å²) in [4.78, 5) is 30.8. The van der Waals surface area contributed by atoms with Gasteiger partial charge in [0.1, 0.15) is 21.9 Å². The Kier molecular flexibility index (Phi) is 15.1. The molecule has 4 rings (SSSR count). The summed E-state index contributed by atoms with van der Waals surface area (Å²) in [5.41, 5.74) is -4.15. The number of piperidine rings is 1. The molecule has 1 saturated heterocycles. The molecule has 4 heterocycles. The number of rotatable bonds is 16. The van der Waals surface area contributed by atoms with E-state index in [1.54, 1.807) is 50.7 Å². The number of esters is 1. The Hall–Kier alpha value is -4.18. The minimum Gasteiger partial charge on any atom is -0.479 e. The van der Waals surface area contributed by atoms with Gasteiger partial charge in [-0.3, -0.25) is 9.08 Å². The van der Waals surface area contributed by atoms with Gasteiger partial charge < -0.3 is 39.2 Å². The zero-order chi connectivity index (χ0) is 38.6. The number of aromatic nitrogens is 4. The molecule has 0 radical (unpaired) electrons. The van der Waals surface area contributed by atoms with Gasteiger partial charge in [-0.2, -0.15) is 13.2 Å². The fraction of sp³-hybridized carbons (Fsp3) is 0.600. The van der Waals surface area contributed by atoms with Crippen LogP contribution in [-0.2, 0) is 25.5 Å². The summed E-state index contributed by atoms with van der Waals surface area (Å²) in [6.07, 6.45) is 3.98. The number of nitrogens with one attached hydrogen (secondary N) is 2. The summed E-state index contributed by atoms with van der Waals surface area (Å²) in [6, 6.07) is 3.49. The van der Waals surface area contributed by atoms with Crippen LogP contribution in [0.25, 0.3) is 5.65 Å². The number of fused-ring (bicyclic) bond motifs is 1. The van der Waals surface area contributed by atoms with Crippen molar-refractivity contribution >= 4 is 35.2 Å². The third kappa shape index (κ3) is 13.0. The smallest absolute Gasteiger partial charge is 0.447 e. The highest BCUT2D eigenvalue weighted by molar-refractivity contribution is 8.00. The van der Waals surface area contributed by atoms with Gasteiger partial charge in [-0.05, 0) is 78.1 Å². The van der Waals surface area contributed by atoms with E-state index in [-0.39, 0.29) is 59.0 Å². The summed E-state index contributed by atoms with van der Waals surface area (Å²) >= 11 is -0.286. The monoisotopic (exact) mass is 767 g/mol. The fourth-order valence-electron chi connectivity index (χ4n) is 5.63. The van der Waals surface area contributed by atoms with Gasteiger partial charge >= 0.3 is 17.6 Å². The highest BCUT2D eigenvalue weighted by Gasteiger charge is 2.34. The lowest BCUT2D eigenvalue weighted by atomic mass is 9.89. The number of hydrogen-bond donors (Lipinski definition) is 2. The molecule has 3 aromatic heterocycles. The molecule has 0 unspecified atom stereocenters. The summed E-state index contributed by atoms with van der Waals surface area (Å²) < 4.78 is 70.9. The topological polar surface area (TPSA) is 143 Å². The lowest BCUT2D eigenvalue weighted by molar-refractivity contribution is -0.0330. The first-order valence-electron chi connectivity index (χ1n) is 17.3. The minimum absolute atomic E-state index is 0.0193. The number of carbonyl (C=O) groups is 2. The predicted molar refractivity (Wildman–Crippen MR) is 192 cm³/mol. The van der Waals surface area contributed by atoms with Crippen molar-refractivity contribution in [2.24, 2.45) is 5.92 Å². The van der Waals surface area contributed by atoms with Crippen LogP contribution in [0.2, 0.25) is 0 Å². The summed E-state index contributed by atoms with van der Waals surface area (Å²) in [5, 5.41) is 10.1. The summed E-state index contributed by atoms with van der Waals surface area (Å²) in [5.74, 6) is 5.28. The van der Waals surface area contributed by atoms with Crippen LogP contribution in [-0.4, -0.2) is 120 Å². The molecule has 18 heteroatoms. The number of ether oxygens (including phenoxy) is 5. The van der Waals surface area contributed by atoms with Crippen molar-refractivity contribution in [3.63, 3.8) is 0 Å². The Morgan fingerprint density at radius 2 is 1.89 bits per heavy atom. The molecular weight excluding hydrogens is 719 g/mol. The molecule has 1 aliphatic heterocycles. The quantitative estimate of drug-likeness (QED) is 0.0871. The highest BCUT2D eigenvalue weighted by atomic mass is 32.2. The molecule has 53 heavy (non-hydrogen) atoms. The summed E-state index contributed by atoms with van der Waals surface area (Å²) in [7, 11) is 3.50. The second kappa shape index (κ2) is 19.2. The number of alkyl halides is 3. The molecule has 14 nitrogen and oxygen atoms in total. The Morgan fingerprint density at radius 1 is 1.13 bits per heavy atom. The number of alkyl carbamates (subject to hydrolysis) is 1. The first-order chi connectivity index (χ1) is 25.2. The number of carbonyl (C=O) groups excluding carboxylic acids is 2. The van der Waals surface area contributed by atoms with Gasteiger partial charge in [-0.25, -0.2) is 14.6 Å². The van der Waals surface area contributed by atoms with Crippen LogP contribution in [0.15, 0.2) is 29.6 Å². The molecule has 3 aromatic rings. The molecule has 0 aromatic carbocycles. The third-order valence-electron chi connectivity index (χ3n) is 7.91. The van der Waals surface area contributed by atoms with Crippen molar-refractivity contribution in [1.29, 1.82) is 0 Å².